The number of aromatic nitrogens is 3. The van der Waals surface area contributed by atoms with E-state index in [0.29, 0.717) is 5.82 Å². The minimum absolute atomic E-state index is 0.694. The van der Waals surface area contributed by atoms with Gasteiger partial charge in [-0.05, 0) is 23.3 Å². The molecule has 0 saturated carbocycles. The van der Waals surface area contributed by atoms with Crippen molar-refractivity contribution in [2.45, 2.75) is 0 Å². The molecular formula is C35H23N3. The first-order chi connectivity index (χ1) is 18.8. The lowest BCUT2D eigenvalue weighted by Crippen LogP contribution is -1.97. The quantitative estimate of drug-likeness (QED) is 0.234. The molecule has 0 aliphatic heterocycles. The molecule has 2 aromatic heterocycles. The Kier molecular flexibility index (Phi) is 5.45. The molecule has 7 aromatic rings. The third-order valence-corrected chi connectivity index (χ3v) is 6.89. The lowest BCUT2D eigenvalue weighted by Gasteiger charge is -2.12. The van der Waals surface area contributed by atoms with Gasteiger partial charge in [0.25, 0.3) is 0 Å². The van der Waals surface area contributed by atoms with E-state index >= 15 is 0 Å². The number of rotatable bonds is 4. The van der Waals surface area contributed by atoms with Gasteiger partial charge in [0, 0.05) is 27.5 Å². The van der Waals surface area contributed by atoms with Crippen molar-refractivity contribution >= 4 is 21.8 Å². The molecule has 0 bridgehead atoms. The average Bonchev–Trinajstić information content (AvgIpc) is 3.01. The zero-order valence-corrected chi connectivity index (χ0v) is 20.6. The molecular weight excluding hydrogens is 462 g/mol. The number of fused-ring (bicyclic) bond motifs is 3. The molecule has 0 radical (unpaired) electrons. The van der Waals surface area contributed by atoms with E-state index in [1.165, 1.54) is 11.1 Å². The van der Waals surface area contributed by atoms with E-state index in [1.807, 2.05) is 42.5 Å². The van der Waals surface area contributed by atoms with Crippen molar-refractivity contribution in [3.05, 3.63) is 140 Å². The zero-order valence-electron chi connectivity index (χ0n) is 20.6. The molecule has 3 nitrogen and oxygen atoms in total. The first kappa shape index (κ1) is 22.1. The summed E-state index contributed by atoms with van der Waals surface area (Å²) in [7, 11) is 0. The average molecular weight is 486 g/mol. The molecule has 0 fully saturated rings. The fourth-order valence-electron chi connectivity index (χ4n) is 4.93. The summed E-state index contributed by atoms with van der Waals surface area (Å²) in [6, 6.07) is 47.9. The van der Waals surface area contributed by atoms with E-state index in [0.717, 1.165) is 49.9 Å². The molecule has 0 spiro atoms. The summed E-state index contributed by atoms with van der Waals surface area (Å²) in [5.41, 5.74) is 9.06. The largest absolute Gasteiger partial charge is 0.245 e. The van der Waals surface area contributed by atoms with Gasteiger partial charge in [0.1, 0.15) is 5.52 Å². The molecule has 0 aliphatic carbocycles. The highest BCUT2D eigenvalue weighted by Gasteiger charge is 2.15. The Hall–Kier alpha value is -5.15. The highest BCUT2D eigenvalue weighted by molar-refractivity contribution is 6.08. The highest BCUT2D eigenvalue weighted by Crippen LogP contribution is 2.34. The predicted octanol–water partition coefficient (Wildman–Crippen LogP) is 8.85. The minimum Gasteiger partial charge on any atom is -0.245 e. The SMILES string of the molecule is c1ccc(-c2ccc(-c3nc(-c4ccccc4)nc4c3ccc3ccc(-c5ccccc5)nc34)cc2)cc1. The van der Waals surface area contributed by atoms with Gasteiger partial charge in [-0.1, -0.05) is 127 Å². The van der Waals surface area contributed by atoms with Crippen LogP contribution in [0.4, 0.5) is 0 Å². The number of benzene rings is 5. The standard InChI is InChI=1S/C35H23N3/c1-4-10-24(11-5-1)25-16-18-27(19-17-25)32-30-22-20-28-21-23-31(26-12-6-2-7-13-26)36-33(28)34(30)38-35(37-32)29-14-8-3-9-15-29/h1-23H. The molecule has 0 saturated heterocycles. The Labute approximate surface area is 221 Å². The van der Waals surface area contributed by atoms with E-state index in [-0.39, 0.29) is 0 Å². The normalized spacial score (nSPS) is 11.2. The molecule has 2 heterocycles. The molecule has 0 atom stereocenters. The van der Waals surface area contributed by atoms with Gasteiger partial charge in [-0.15, -0.1) is 0 Å². The van der Waals surface area contributed by atoms with Gasteiger partial charge in [0.2, 0.25) is 0 Å². The van der Waals surface area contributed by atoms with E-state index in [9.17, 15) is 0 Å². The summed E-state index contributed by atoms with van der Waals surface area (Å²) in [6.45, 7) is 0. The first-order valence-electron chi connectivity index (χ1n) is 12.7. The van der Waals surface area contributed by atoms with Crippen LogP contribution in [-0.2, 0) is 0 Å². The van der Waals surface area contributed by atoms with Crippen molar-refractivity contribution in [1.29, 1.82) is 0 Å². The van der Waals surface area contributed by atoms with Crippen LogP contribution in [0.5, 0.6) is 0 Å². The third kappa shape index (κ3) is 4.00. The molecule has 178 valence electrons. The maximum atomic E-state index is 5.11. The van der Waals surface area contributed by atoms with Gasteiger partial charge in [0.05, 0.1) is 16.9 Å². The van der Waals surface area contributed by atoms with Crippen molar-refractivity contribution in [2.75, 3.05) is 0 Å². The fourth-order valence-corrected chi connectivity index (χ4v) is 4.93. The maximum Gasteiger partial charge on any atom is 0.160 e. The molecule has 0 amide bonds. The van der Waals surface area contributed by atoms with Gasteiger partial charge >= 0.3 is 0 Å². The molecule has 38 heavy (non-hydrogen) atoms. The summed E-state index contributed by atoms with van der Waals surface area (Å²) in [6.07, 6.45) is 0. The second-order valence-electron chi connectivity index (χ2n) is 9.30. The van der Waals surface area contributed by atoms with Crippen LogP contribution < -0.4 is 0 Å². The van der Waals surface area contributed by atoms with Crippen molar-refractivity contribution in [3.8, 4) is 45.0 Å². The van der Waals surface area contributed by atoms with Crippen LogP contribution in [0.2, 0.25) is 0 Å². The maximum absolute atomic E-state index is 5.11. The van der Waals surface area contributed by atoms with E-state index < -0.39 is 0 Å². The van der Waals surface area contributed by atoms with E-state index in [1.54, 1.807) is 0 Å². The second-order valence-corrected chi connectivity index (χ2v) is 9.30. The summed E-state index contributed by atoms with van der Waals surface area (Å²) >= 11 is 0. The topological polar surface area (TPSA) is 38.7 Å². The van der Waals surface area contributed by atoms with Crippen molar-refractivity contribution in [3.63, 3.8) is 0 Å². The summed E-state index contributed by atoms with van der Waals surface area (Å²) in [5.74, 6) is 0.694. The van der Waals surface area contributed by atoms with Gasteiger partial charge in [-0.2, -0.15) is 0 Å². The van der Waals surface area contributed by atoms with Gasteiger partial charge < -0.3 is 0 Å². The van der Waals surface area contributed by atoms with Crippen molar-refractivity contribution < 1.29 is 0 Å². The molecule has 7 rings (SSSR count). The Morgan fingerprint density at radius 1 is 0.342 bits per heavy atom. The molecule has 3 heteroatoms. The molecule has 5 aromatic carbocycles. The van der Waals surface area contributed by atoms with Crippen LogP contribution in [0.25, 0.3) is 66.8 Å². The van der Waals surface area contributed by atoms with Gasteiger partial charge in [-0.25, -0.2) is 15.0 Å². The van der Waals surface area contributed by atoms with Crippen LogP contribution in [0.15, 0.2) is 140 Å². The monoisotopic (exact) mass is 485 g/mol. The van der Waals surface area contributed by atoms with Crippen LogP contribution in [-0.4, -0.2) is 15.0 Å². The summed E-state index contributed by atoms with van der Waals surface area (Å²) in [5, 5.41) is 2.04. The van der Waals surface area contributed by atoms with Gasteiger partial charge in [0.15, 0.2) is 5.82 Å². The van der Waals surface area contributed by atoms with Crippen LogP contribution in [0.1, 0.15) is 0 Å². The first-order valence-corrected chi connectivity index (χ1v) is 12.7. The lowest BCUT2D eigenvalue weighted by molar-refractivity contribution is 1.23. The predicted molar refractivity (Wildman–Crippen MR) is 157 cm³/mol. The van der Waals surface area contributed by atoms with Gasteiger partial charge in [-0.3, -0.25) is 0 Å². The van der Waals surface area contributed by atoms with E-state index in [2.05, 4.69) is 97.1 Å². The molecule has 0 aliphatic rings. The summed E-state index contributed by atoms with van der Waals surface area (Å²) < 4.78 is 0. The third-order valence-electron chi connectivity index (χ3n) is 6.89. The van der Waals surface area contributed by atoms with E-state index in [4.69, 9.17) is 15.0 Å². The second kappa shape index (κ2) is 9.38. The number of pyridine rings is 1. The smallest absolute Gasteiger partial charge is 0.160 e. The van der Waals surface area contributed by atoms with Crippen LogP contribution in [0, 0.1) is 0 Å². The van der Waals surface area contributed by atoms with Crippen molar-refractivity contribution in [1.82, 2.24) is 15.0 Å². The Morgan fingerprint density at radius 3 is 1.58 bits per heavy atom. The van der Waals surface area contributed by atoms with Crippen molar-refractivity contribution in [2.24, 2.45) is 0 Å². The highest BCUT2D eigenvalue weighted by atomic mass is 14.9. The van der Waals surface area contributed by atoms with Crippen LogP contribution >= 0.6 is 0 Å². The lowest BCUT2D eigenvalue weighted by atomic mass is 10.00. The Morgan fingerprint density at radius 2 is 0.895 bits per heavy atom. The molecule has 0 N–H and O–H groups in total. The minimum atomic E-state index is 0.694. The fraction of sp³-hybridized carbons (Fsp3) is 0. The van der Waals surface area contributed by atoms with Crippen LogP contribution in [0.3, 0.4) is 0 Å². The zero-order chi connectivity index (χ0) is 25.3. The number of hydrogen-bond donors (Lipinski definition) is 0. The number of nitrogens with zero attached hydrogens (tertiary/aromatic N) is 3. The molecule has 0 unspecified atom stereocenters. The summed E-state index contributed by atoms with van der Waals surface area (Å²) in [4.78, 5) is 15.3. The Balaban J connectivity index is 1.47. The Bertz CT molecular complexity index is 1880. The number of hydrogen-bond acceptors (Lipinski definition) is 3.